The van der Waals surface area contributed by atoms with Crippen molar-refractivity contribution in [1.29, 1.82) is 0 Å². The second-order valence-electron chi connectivity index (χ2n) is 4.82. The van der Waals surface area contributed by atoms with E-state index >= 15 is 0 Å². The van der Waals surface area contributed by atoms with E-state index in [2.05, 4.69) is 0 Å². The van der Waals surface area contributed by atoms with Gasteiger partial charge in [-0.3, -0.25) is 4.79 Å². The largest absolute Gasteiger partial charge is 0.497 e. The van der Waals surface area contributed by atoms with Gasteiger partial charge in [-0.05, 0) is 34.5 Å². The summed E-state index contributed by atoms with van der Waals surface area (Å²) in [6.45, 7) is 0. The number of methoxy groups -OCH3 is 1. The van der Waals surface area contributed by atoms with Gasteiger partial charge in [-0.1, -0.05) is 18.2 Å². The molecule has 0 saturated carbocycles. The highest BCUT2D eigenvalue weighted by molar-refractivity contribution is 8.12. The third kappa shape index (κ3) is 2.45. The van der Waals surface area contributed by atoms with Crippen LogP contribution in [0.15, 0.2) is 36.4 Å². The number of halogens is 1. The van der Waals surface area contributed by atoms with Gasteiger partial charge in [0.25, 0.3) is 0 Å². The average Bonchev–Trinajstić information content (AvgIpc) is 2.41. The highest BCUT2D eigenvalue weighted by atomic mass is 35.7. The zero-order valence-electron chi connectivity index (χ0n) is 11.1. The maximum atomic E-state index is 11.5. The zero-order valence-corrected chi connectivity index (χ0v) is 12.7. The van der Waals surface area contributed by atoms with Crippen LogP contribution in [0.5, 0.6) is 5.75 Å². The summed E-state index contributed by atoms with van der Waals surface area (Å²) in [7, 11) is 2.85. The van der Waals surface area contributed by atoms with Crippen LogP contribution in [0.3, 0.4) is 0 Å². The van der Waals surface area contributed by atoms with Crippen LogP contribution in [-0.2, 0) is 14.0 Å². The van der Waals surface area contributed by atoms with Gasteiger partial charge in [0, 0.05) is 10.7 Å². The number of rotatable bonds is 3. The summed E-state index contributed by atoms with van der Waals surface area (Å²) < 4.78 is 28.7. The molecule has 2 aromatic carbocycles. The molecule has 0 aliphatic carbocycles. The Labute approximate surface area is 126 Å². The molecule has 21 heavy (non-hydrogen) atoms. The molecule has 0 aromatic heterocycles. The lowest BCUT2D eigenvalue weighted by molar-refractivity contribution is -0.137. The predicted octanol–water partition coefficient (Wildman–Crippen LogP) is 2.61. The van der Waals surface area contributed by atoms with Crippen molar-refractivity contribution in [3.05, 3.63) is 42.0 Å². The van der Waals surface area contributed by atoms with E-state index < -0.39 is 21.2 Å². The second-order valence-corrected chi connectivity index (χ2v) is 7.21. The molecule has 5 nitrogen and oxygen atoms in total. The van der Waals surface area contributed by atoms with E-state index in [0.717, 1.165) is 26.4 Å². The number of hydrogen-bond donors (Lipinski definition) is 0. The first-order chi connectivity index (χ1) is 9.90. The number of β-lactam (4-membered cyclic amide) rings is 1. The molecule has 1 unspecified atom stereocenters. The highest BCUT2D eigenvalue weighted by Gasteiger charge is 2.44. The highest BCUT2D eigenvalue weighted by Crippen LogP contribution is 2.39. The molecule has 1 amide bonds. The Morgan fingerprint density at radius 1 is 1.19 bits per heavy atom. The smallest absolute Gasteiger partial charge is 0.324 e. The summed E-state index contributed by atoms with van der Waals surface area (Å²) in [6.07, 6.45) is 0.146. The summed E-state index contributed by atoms with van der Waals surface area (Å²) in [4.78, 5) is 11.5. The molecule has 7 heteroatoms. The van der Waals surface area contributed by atoms with Crippen molar-refractivity contribution in [2.75, 3.05) is 7.11 Å². The monoisotopic (exact) mass is 325 g/mol. The molecule has 0 bridgehead atoms. The topological polar surface area (TPSA) is 63.7 Å². The normalized spacial score (nSPS) is 18.7. The first-order valence-electron chi connectivity index (χ1n) is 6.25. The Hall–Kier alpha value is -1.79. The summed E-state index contributed by atoms with van der Waals surface area (Å²) in [5.41, 5.74) is 0.747. The Morgan fingerprint density at radius 3 is 2.48 bits per heavy atom. The standard InChI is InChI=1S/C14H12ClNO4S/c1-20-12-5-4-9-6-11(3-2-10(9)7-12)13-8-14(17)16(13)21(15,18)19/h2-7,13H,8H2,1H3. The lowest BCUT2D eigenvalue weighted by atomic mass is 9.95. The first-order valence-corrected chi connectivity index (χ1v) is 8.51. The van der Waals surface area contributed by atoms with Crippen molar-refractivity contribution < 1.29 is 17.9 Å². The van der Waals surface area contributed by atoms with Gasteiger partial charge in [-0.2, -0.15) is 8.42 Å². The van der Waals surface area contributed by atoms with Crippen LogP contribution in [0.2, 0.25) is 0 Å². The van der Waals surface area contributed by atoms with Crippen LogP contribution >= 0.6 is 10.7 Å². The molecule has 1 aliphatic heterocycles. The van der Waals surface area contributed by atoms with Crippen molar-refractivity contribution in [2.45, 2.75) is 12.5 Å². The number of amides is 1. The van der Waals surface area contributed by atoms with Gasteiger partial charge in [0.2, 0.25) is 5.91 Å². The molecule has 2 aromatic rings. The molecular weight excluding hydrogens is 314 g/mol. The van der Waals surface area contributed by atoms with Crippen LogP contribution in [0.4, 0.5) is 0 Å². The van der Waals surface area contributed by atoms with Crippen LogP contribution in [-0.4, -0.2) is 25.7 Å². The van der Waals surface area contributed by atoms with Gasteiger partial charge in [-0.25, -0.2) is 4.31 Å². The fraction of sp³-hybridized carbons (Fsp3) is 0.214. The van der Waals surface area contributed by atoms with Crippen molar-refractivity contribution in [2.24, 2.45) is 0 Å². The molecule has 1 saturated heterocycles. The number of benzene rings is 2. The van der Waals surface area contributed by atoms with Gasteiger partial charge in [-0.15, -0.1) is 0 Å². The van der Waals surface area contributed by atoms with Crippen molar-refractivity contribution >= 4 is 36.6 Å². The van der Waals surface area contributed by atoms with E-state index in [1.54, 1.807) is 13.2 Å². The number of fused-ring (bicyclic) bond motifs is 1. The number of carbonyl (C=O) groups is 1. The van der Waals surface area contributed by atoms with Gasteiger partial charge in [0.15, 0.2) is 0 Å². The van der Waals surface area contributed by atoms with E-state index in [-0.39, 0.29) is 6.42 Å². The molecular formula is C14H12ClNO4S. The number of nitrogens with zero attached hydrogens (tertiary/aromatic N) is 1. The number of hydrogen-bond acceptors (Lipinski definition) is 4. The minimum Gasteiger partial charge on any atom is -0.497 e. The van der Waals surface area contributed by atoms with Gasteiger partial charge >= 0.3 is 9.24 Å². The molecule has 1 aliphatic rings. The van der Waals surface area contributed by atoms with Gasteiger partial charge in [0.1, 0.15) is 5.75 Å². The van der Waals surface area contributed by atoms with Crippen molar-refractivity contribution in [3.8, 4) is 5.75 Å². The van der Waals surface area contributed by atoms with Gasteiger partial charge < -0.3 is 4.74 Å². The lowest BCUT2D eigenvalue weighted by Gasteiger charge is -2.37. The predicted molar refractivity (Wildman–Crippen MR) is 79.5 cm³/mol. The van der Waals surface area contributed by atoms with E-state index in [4.69, 9.17) is 15.4 Å². The molecule has 0 N–H and O–H groups in total. The Balaban J connectivity index is 2.00. The third-order valence-corrected chi connectivity index (χ3v) is 4.96. The van der Waals surface area contributed by atoms with Gasteiger partial charge in [0.05, 0.1) is 19.6 Å². The molecule has 3 rings (SSSR count). The SMILES string of the molecule is COc1ccc2cc(C3CC(=O)N3S(=O)(=O)Cl)ccc2c1. The van der Waals surface area contributed by atoms with Crippen molar-refractivity contribution in [3.63, 3.8) is 0 Å². The average molecular weight is 326 g/mol. The Morgan fingerprint density at radius 2 is 1.86 bits per heavy atom. The van der Waals surface area contributed by atoms with E-state index in [1.807, 2.05) is 30.3 Å². The summed E-state index contributed by atoms with van der Waals surface area (Å²) in [6, 6.07) is 10.6. The fourth-order valence-corrected chi connectivity index (χ4v) is 3.84. The fourth-order valence-electron chi connectivity index (χ4n) is 2.50. The Kier molecular flexibility index (Phi) is 3.30. The van der Waals surface area contributed by atoms with Crippen LogP contribution in [0.25, 0.3) is 10.8 Å². The molecule has 1 heterocycles. The third-order valence-electron chi connectivity index (χ3n) is 3.59. The number of carbonyl (C=O) groups excluding carboxylic acids is 1. The first kappa shape index (κ1) is 14.2. The maximum Gasteiger partial charge on any atom is 0.324 e. The van der Waals surface area contributed by atoms with Crippen molar-refractivity contribution in [1.82, 2.24) is 4.31 Å². The molecule has 1 atom stereocenters. The summed E-state index contributed by atoms with van der Waals surface area (Å²) >= 11 is 0. The molecule has 0 spiro atoms. The minimum absolute atomic E-state index is 0.146. The summed E-state index contributed by atoms with van der Waals surface area (Å²) in [5.74, 6) is 0.267. The van der Waals surface area contributed by atoms with E-state index in [0.29, 0.717) is 0 Å². The van der Waals surface area contributed by atoms with Crippen LogP contribution < -0.4 is 4.74 Å². The molecule has 1 fully saturated rings. The minimum atomic E-state index is -4.04. The lowest BCUT2D eigenvalue weighted by Crippen LogP contribution is -2.47. The Bertz CT molecular complexity index is 834. The molecule has 110 valence electrons. The second kappa shape index (κ2) is 4.89. The van der Waals surface area contributed by atoms with E-state index in [1.165, 1.54) is 0 Å². The summed E-state index contributed by atoms with van der Waals surface area (Å²) in [5, 5.41) is 1.92. The quantitative estimate of drug-likeness (QED) is 0.643. The van der Waals surface area contributed by atoms with Crippen LogP contribution in [0, 0.1) is 0 Å². The zero-order chi connectivity index (χ0) is 15.2. The molecule has 0 radical (unpaired) electrons. The number of ether oxygens (including phenoxy) is 1. The maximum absolute atomic E-state index is 11.5. The van der Waals surface area contributed by atoms with E-state index in [9.17, 15) is 13.2 Å². The van der Waals surface area contributed by atoms with Crippen LogP contribution in [0.1, 0.15) is 18.0 Å².